The molecule has 1 aromatic heterocycles. The van der Waals surface area contributed by atoms with E-state index in [1.165, 1.54) is 6.42 Å². The highest BCUT2D eigenvalue weighted by molar-refractivity contribution is 7.89. The number of benzene rings is 1. The smallest absolute Gasteiger partial charge is 0.240 e. The fourth-order valence-corrected chi connectivity index (χ4v) is 4.59. The number of sulfonamides is 1. The number of hydrogen-bond acceptors (Lipinski definition) is 4. The molecule has 1 heterocycles. The molecule has 1 aromatic carbocycles. The van der Waals surface area contributed by atoms with Gasteiger partial charge in [-0.25, -0.2) is 13.1 Å². The first-order valence-corrected chi connectivity index (χ1v) is 10.9. The van der Waals surface area contributed by atoms with E-state index in [4.69, 9.17) is 4.42 Å². The van der Waals surface area contributed by atoms with Crippen molar-refractivity contribution in [1.82, 2.24) is 10.0 Å². The van der Waals surface area contributed by atoms with Gasteiger partial charge in [-0.3, -0.25) is 4.79 Å². The predicted molar refractivity (Wildman–Crippen MR) is 103 cm³/mol. The number of aryl methyl sites for hydroxylation is 1. The summed E-state index contributed by atoms with van der Waals surface area (Å²) in [6, 6.07) is 10.4. The largest absolute Gasteiger partial charge is 0.467 e. The van der Waals surface area contributed by atoms with Crippen molar-refractivity contribution in [2.75, 3.05) is 0 Å². The quantitative estimate of drug-likeness (QED) is 0.725. The number of hydrogen-bond donors (Lipinski definition) is 2. The van der Waals surface area contributed by atoms with Crippen molar-refractivity contribution in [1.29, 1.82) is 0 Å². The molecule has 3 rings (SSSR count). The van der Waals surface area contributed by atoms with E-state index < -0.39 is 10.0 Å². The van der Waals surface area contributed by atoms with Crippen LogP contribution in [0.4, 0.5) is 0 Å². The van der Waals surface area contributed by atoms with Crippen LogP contribution in [0.3, 0.4) is 0 Å². The Morgan fingerprint density at radius 2 is 1.81 bits per heavy atom. The van der Waals surface area contributed by atoms with Gasteiger partial charge in [0.25, 0.3) is 0 Å². The highest BCUT2D eigenvalue weighted by atomic mass is 32.2. The van der Waals surface area contributed by atoms with Gasteiger partial charge >= 0.3 is 0 Å². The van der Waals surface area contributed by atoms with E-state index in [-0.39, 0.29) is 16.8 Å². The molecule has 0 bridgehead atoms. The molecular weight excluding hydrogens is 364 g/mol. The van der Waals surface area contributed by atoms with E-state index in [0.717, 1.165) is 31.2 Å². The number of carbonyl (C=O) groups excluding carboxylic acids is 1. The highest BCUT2D eigenvalue weighted by Gasteiger charge is 2.21. The van der Waals surface area contributed by atoms with Crippen LogP contribution in [0.1, 0.15) is 49.8 Å². The molecule has 0 aliphatic heterocycles. The Hall–Kier alpha value is -2.12. The molecule has 6 nitrogen and oxygen atoms in total. The maximum atomic E-state index is 12.5. The summed E-state index contributed by atoms with van der Waals surface area (Å²) in [4.78, 5) is 12.2. The third-order valence-corrected chi connectivity index (χ3v) is 6.38. The molecular formula is C20H26N2O4S. The Bertz CT molecular complexity index is 823. The summed E-state index contributed by atoms with van der Waals surface area (Å²) in [6.07, 6.45) is 7.62. The average Bonchev–Trinajstić information content (AvgIpc) is 3.19. The molecule has 0 radical (unpaired) electrons. The van der Waals surface area contributed by atoms with Crippen molar-refractivity contribution >= 4 is 15.9 Å². The van der Waals surface area contributed by atoms with Crippen LogP contribution in [0.25, 0.3) is 0 Å². The number of carbonyl (C=O) groups is 1. The summed E-state index contributed by atoms with van der Waals surface area (Å²) in [5, 5.41) is 2.80. The second-order valence-corrected chi connectivity index (χ2v) is 8.67. The zero-order valence-corrected chi connectivity index (χ0v) is 16.1. The summed E-state index contributed by atoms with van der Waals surface area (Å²) in [5.41, 5.74) is 0.930. The minimum Gasteiger partial charge on any atom is -0.467 e. The Labute approximate surface area is 160 Å². The number of rotatable bonds is 8. The summed E-state index contributed by atoms with van der Waals surface area (Å²) in [7, 11) is -3.48. The van der Waals surface area contributed by atoms with E-state index in [2.05, 4.69) is 10.0 Å². The summed E-state index contributed by atoms with van der Waals surface area (Å²) >= 11 is 0. The van der Waals surface area contributed by atoms with Crippen molar-refractivity contribution in [3.8, 4) is 0 Å². The van der Waals surface area contributed by atoms with Gasteiger partial charge < -0.3 is 9.73 Å². The highest BCUT2D eigenvalue weighted by Crippen LogP contribution is 2.20. The Kier molecular flexibility index (Phi) is 6.68. The molecule has 1 saturated carbocycles. The van der Waals surface area contributed by atoms with Gasteiger partial charge in [-0.1, -0.05) is 31.4 Å². The molecule has 0 atom stereocenters. The second-order valence-electron chi connectivity index (χ2n) is 6.96. The third-order valence-electron chi connectivity index (χ3n) is 4.84. The van der Waals surface area contributed by atoms with Crippen LogP contribution in [0.15, 0.2) is 52.0 Å². The van der Waals surface area contributed by atoms with Crippen LogP contribution in [0.5, 0.6) is 0 Å². The van der Waals surface area contributed by atoms with Crippen molar-refractivity contribution in [2.45, 2.75) is 62.4 Å². The van der Waals surface area contributed by atoms with Gasteiger partial charge in [0.2, 0.25) is 15.9 Å². The maximum absolute atomic E-state index is 12.5. The van der Waals surface area contributed by atoms with Gasteiger partial charge in [0.1, 0.15) is 5.76 Å². The SMILES string of the molecule is O=C(CCc1ccc(S(=O)(=O)NC2CCCCC2)cc1)NCc1ccco1. The van der Waals surface area contributed by atoms with E-state index in [1.54, 1.807) is 42.7 Å². The lowest BCUT2D eigenvalue weighted by Gasteiger charge is -2.22. The van der Waals surface area contributed by atoms with Crippen LogP contribution in [-0.4, -0.2) is 20.4 Å². The summed E-state index contributed by atoms with van der Waals surface area (Å²) in [5.74, 6) is 0.644. The fourth-order valence-electron chi connectivity index (χ4n) is 3.29. The van der Waals surface area contributed by atoms with Crippen LogP contribution < -0.4 is 10.0 Å². The van der Waals surface area contributed by atoms with Crippen LogP contribution >= 0.6 is 0 Å². The second kappa shape index (κ2) is 9.19. The molecule has 2 aromatic rings. The van der Waals surface area contributed by atoms with Crippen LogP contribution in [0.2, 0.25) is 0 Å². The topological polar surface area (TPSA) is 88.4 Å². The van der Waals surface area contributed by atoms with E-state index in [9.17, 15) is 13.2 Å². The molecule has 1 aliphatic carbocycles. The lowest BCUT2D eigenvalue weighted by molar-refractivity contribution is -0.121. The number of furan rings is 1. The Morgan fingerprint density at radius 1 is 1.07 bits per heavy atom. The van der Waals surface area contributed by atoms with Gasteiger partial charge in [-0.2, -0.15) is 0 Å². The molecule has 0 unspecified atom stereocenters. The predicted octanol–water partition coefficient (Wildman–Crippen LogP) is 3.14. The molecule has 27 heavy (non-hydrogen) atoms. The molecule has 1 fully saturated rings. The minimum atomic E-state index is -3.48. The maximum Gasteiger partial charge on any atom is 0.240 e. The van der Waals surface area contributed by atoms with Crippen LogP contribution in [-0.2, 0) is 27.8 Å². The van der Waals surface area contributed by atoms with Gasteiger partial charge in [-0.05, 0) is 49.1 Å². The summed E-state index contributed by atoms with van der Waals surface area (Å²) < 4.78 is 33.0. The molecule has 0 spiro atoms. The molecule has 1 aliphatic rings. The van der Waals surface area contributed by atoms with Crippen molar-refractivity contribution in [2.24, 2.45) is 0 Å². The molecule has 1 amide bonds. The molecule has 146 valence electrons. The zero-order chi connectivity index (χ0) is 19.1. The van der Waals surface area contributed by atoms with E-state index in [1.807, 2.05) is 0 Å². The van der Waals surface area contributed by atoms with E-state index >= 15 is 0 Å². The van der Waals surface area contributed by atoms with Gasteiger partial charge in [0.05, 0.1) is 17.7 Å². The van der Waals surface area contributed by atoms with Gasteiger partial charge in [-0.15, -0.1) is 0 Å². The van der Waals surface area contributed by atoms with Crippen molar-refractivity contribution in [3.05, 3.63) is 54.0 Å². The minimum absolute atomic E-state index is 0.0429. The monoisotopic (exact) mass is 390 g/mol. The molecule has 0 saturated heterocycles. The fraction of sp³-hybridized carbons (Fsp3) is 0.450. The Morgan fingerprint density at radius 3 is 2.48 bits per heavy atom. The first-order chi connectivity index (χ1) is 13.0. The van der Waals surface area contributed by atoms with Crippen molar-refractivity contribution in [3.63, 3.8) is 0 Å². The molecule has 7 heteroatoms. The first-order valence-electron chi connectivity index (χ1n) is 9.43. The molecule has 2 N–H and O–H groups in total. The lowest BCUT2D eigenvalue weighted by Crippen LogP contribution is -2.36. The Balaban J connectivity index is 1.48. The zero-order valence-electron chi connectivity index (χ0n) is 15.3. The first kappa shape index (κ1) is 19.6. The number of nitrogens with one attached hydrogen (secondary N) is 2. The lowest BCUT2D eigenvalue weighted by atomic mass is 9.96. The van der Waals surface area contributed by atoms with Gasteiger partial charge in [0.15, 0.2) is 0 Å². The van der Waals surface area contributed by atoms with E-state index in [0.29, 0.717) is 25.1 Å². The average molecular weight is 391 g/mol. The normalized spacial score (nSPS) is 15.6. The van der Waals surface area contributed by atoms with Crippen LogP contribution in [0, 0.1) is 0 Å². The van der Waals surface area contributed by atoms with Gasteiger partial charge in [0, 0.05) is 12.5 Å². The standard InChI is InChI=1S/C20H26N2O4S/c23-20(21-15-18-7-4-14-26-18)13-10-16-8-11-19(12-9-16)27(24,25)22-17-5-2-1-3-6-17/h4,7-9,11-12,14,17,22H,1-3,5-6,10,13,15H2,(H,21,23). The summed E-state index contributed by atoms with van der Waals surface area (Å²) in [6.45, 7) is 0.371. The third kappa shape index (κ3) is 5.94. The van der Waals surface area contributed by atoms with Crippen molar-refractivity contribution < 1.29 is 17.6 Å². The number of amides is 1.